The summed E-state index contributed by atoms with van der Waals surface area (Å²) < 4.78 is 5.26. The van der Waals surface area contributed by atoms with Gasteiger partial charge in [0, 0.05) is 5.25 Å². The molecule has 0 aliphatic rings. The van der Waals surface area contributed by atoms with Crippen molar-refractivity contribution in [2.45, 2.75) is 17.2 Å². The molecule has 0 spiro atoms. The molecular formula is C14H14N4OS. The Bertz CT molecular complexity index is 728. The first-order valence-electron chi connectivity index (χ1n) is 6.22. The number of hydrogen-bond acceptors (Lipinski definition) is 5. The van der Waals surface area contributed by atoms with Crippen molar-refractivity contribution in [3.8, 4) is 5.75 Å². The molecule has 2 aromatic heterocycles. The van der Waals surface area contributed by atoms with Gasteiger partial charge in [0.15, 0.2) is 5.65 Å². The average molecular weight is 286 g/mol. The molecule has 20 heavy (non-hydrogen) atoms. The van der Waals surface area contributed by atoms with Gasteiger partial charge in [0.25, 0.3) is 0 Å². The molecule has 5 nitrogen and oxygen atoms in total. The van der Waals surface area contributed by atoms with Crippen molar-refractivity contribution < 1.29 is 4.74 Å². The Labute approximate surface area is 120 Å². The molecule has 3 aromatic rings. The van der Waals surface area contributed by atoms with E-state index in [9.17, 15) is 0 Å². The van der Waals surface area contributed by atoms with Gasteiger partial charge in [0.2, 0.25) is 0 Å². The van der Waals surface area contributed by atoms with Gasteiger partial charge in [-0.3, -0.25) is 0 Å². The Balaban J connectivity index is 1.88. The van der Waals surface area contributed by atoms with Gasteiger partial charge in [-0.2, -0.15) is 0 Å². The van der Waals surface area contributed by atoms with E-state index in [0.717, 1.165) is 16.3 Å². The zero-order valence-corrected chi connectivity index (χ0v) is 12.0. The third-order valence-corrected chi connectivity index (χ3v) is 4.20. The first-order valence-corrected chi connectivity index (χ1v) is 7.10. The van der Waals surface area contributed by atoms with Gasteiger partial charge in [0.05, 0.1) is 13.4 Å². The number of aromatic nitrogens is 4. The number of methoxy groups -OCH3 is 1. The number of imidazole rings is 1. The lowest BCUT2D eigenvalue weighted by Crippen LogP contribution is -1.93. The quantitative estimate of drug-likeness (QED) is 0.589. The van der Waals surface area contributed by atoms with Gasteiger partial charge in [-0.15, -0.1) is 0 Å². The van der Waals surface area contributed by atoms with Crippen molar-refractivity contribution >= 4 is 22.9 Å². The van der Waals surface area contributed by atoms with Crippen molar-refractivity contribution in [1.82, 2.24) is 19.9 Å². The zero-order valence-electron chi connectivity index (χ0n) is 11.2. The number of nitrogens with zero attached hydrogens (tertiary/aromatic N) is 3. The molecule has 0 amide bonds. The number of fused-ring (bicyclic) bond motifs is 1. The first kappa shape index (κ1) is 12.9. The minimum absolute atomic E-state index is 0.256. The highest BCUT2D eigenvalue weighted by molar-refractivity contribution is 7.99. The van der Waals surface area contributed by atoms with Crippen LogP contribution in [0, 0.1) is 0 Å². The SMILES string of the molecule is COc1cccc(C(C)Sc2ncnc3nc[nH]c23)c1. The van der Waals surface area contributed by atoms with Crippen molar-refractivity contribution in [1.29, 1.82) is 0 Å². The van der Waals surface area contributed by atoms with E-state index in [1.54, 1.807) is 31.5 Å². The lowest BCUT2D eigenvalue weighted by molar-refractivity contribution is 0.414. The minimum Gasteiger partial charge on any atom is -0.497 e. The first-order chi connectivity index (χ1) is 9.78. The lowest BCUT2D eigenvalue weighted by atomic mass is 10.1. The monoisotopic (exact) mass is 286 g/mol. The van der Waals surface area contributed by atoms with Gasteiger partial charge in [0.1, 0.15) is 22.6 Å². The van der Waals surface area contributed by atoms with Gasteiger partial charge in [-0.05, 0) is 24.6 Å². The van der Waals surface area contributed by atoms with Gasteiger partial charge in [-0.25, -0.2) is 15.0 Å². The van der Waals surface area contributed by atoms with Crippen LogP contribution in [0.25, 0.3) is 11.2 Å². The molecular weight excluding hydrogens is 272 g/mol. The standard InChI is InChI=1S/C14H14N4OS/c1-9(10-4-3-5-11(6-10)19-2)20-14-12-13(16-7-15-12)17-8-18-14/h3-9H,1-2H3,(H,15,16,17,18). The van der Waals surface area contributed by atoms with E-state index in [4.69, 9.17) is 4.74 Å². The Morgan fingerprint density at radius 1 is 1.25 bits per heavy atom. The van der Waals surface area contributed by atoms with Crippen LogP contribution < -0.4 is 4.74 Å². The fourth-order valence-corrected chi connectivity index (χ4v) is 2.96. The van der Waals surface area contributed by atoms with Crippen LogP contribution in [0.1, 0.15) is 17.7 Å². The molecule has 0 bridgehead atoms. The molecule has 6 heteroatoms. The fraction of sp³-hybridized carbons (Fsp3) is 0.214. The van der Waals surface area contributed by atoms with E-state index < -0.39 is 0 Å². The van der Waals surface area contributed by atoms with Crippen LogP contribution in [0.5, 0.6) is 5.75 Å². The van der Waals surface area contributed by atoms with Crippen LogP contribution in [0.15, 0.2) is 41.9 Å². The minimum atomic E-state index is 0.256. The molecule has 1 N–H and O–H groups in total. The normalized spacial score (nSPS) is 12.5. The summed E-state index contributed by atoms with van der Waals surface area (Å²) in [5.41, 5.74) is 2.77. The second kappa shape index (κ2) is 5.50. The van der Waals surface area contributed by atoms with Gasteiger partial charge in [-0.1, -0.05) is 23.9 Å². The lowest BCUT2D eigenvalue weighted by Gasteiger charge is -2.12. The Morgan fingerprint density at radius 2 is 2.15 bits per heavy atom. The van der Waals surface area contributed by atoms with Crippen molar-refractivity contribution in [2.24, 2.45) is 0 Å². The number of nitrogens with one attached hydrogen (secondary N) is 1. The van der Waals surface area contributed by atoms with Crippen molar-refractivity contribution in [3.05, 3.63) is 42.5 Å². The number of thioether (sulfide) groups is 1. The topological polar surface area (TPSA) is 63.7 Å². The molecule has 0 aliphatic carbocycles. The van der Waals surface area contributed by atoms with Crippen LogP contribution in [0.4, 0.5) is 0 Å². The highest BCUT2D eigenvalue weighted by atomic mass is 32.2. The number of hydrogen-bond donors (Lipinski definition) is 1. The van der Waals surface area contributed by atoms with E-state index in [2.05, 4.69) is 32.9 Å². The Morgan fingerprint density at radius 3 is 3.00 bits per heavy atom. The molecule has 1 unspecified atom stereocenters. The predicted octanol–water partition coefficient (Wildman–Crippen LogP) is 3.21. The maximum atomic E-state index is 5.26. The summed E-state index contributed by atoms with van der Waals surface area (Å²) in [6.45, 7) is 2.14. The molecule has 1 atom stereocenters. The molecule has 0 aliphatic heterocycles. The number of aromatic amines is 1. The average Bonchev–Trinajstić information content (AvgIpc) is 2.97. The molecule has 0 fully saturated rings. The van der Waals surface area contributed by atoms with Crippen LogP contribution in [0.3, 0.4) is 0 Å². The second-order valence-corrected chi connectivity index (χ2v) is 5.65. The largest absolute Gasteiger partial charge is 0.497 e. The van der Waals surface area contributed by atoms with E-state index in [-0.39, 0.29) is 5.25 Å². The van der Waals surface area contributed by atoms with Gasteiger partial charge >= 0.3 is 0 Å². The number of rotatable bonds is 4. The number of ether oxygens (including phenoxy) is 1. The Kier molecular flexibility index (Phi) is 3.56. The highest BCUT2D eigenvalue weighted by Crippen LogP contribution is 2.36. The molecule has 2 heterocycles. The van der Waals surface area contributed by atoms with E-state index in [1.807, 2.05) is 18.2 Å². The molecule has 3 rings (SSSR count). The number of H-pyrrole nitrogens is 1. The molecule has 1 aromatic carbocycles. The van der Waals surface area contributed by atoms with Crippen LogP contribution in [-0.2, 0) is 0 Å². The van der Waals surface area contributed by atoms with Crippen LogP contribution in [-0.4, -0.2) is 27.0 Å². The predicted molar refractivity (Wildman–Crippen MR) is 78.9 cm³/mol. The summed E-state index contributed by atoms with van der Waals surface area (Å²) in [5.74, 6) is 0.865. The summed E-state index contributed by atoms with van der Waals surface area (Å²) in [6.07, 6.45) is 3.18. The van der Waals surface area contributed by atoms with Gasteiger partial charge < -0.3 is 9.72 Å². The molecule has 0 saturated carbocycles. The van der Waals surface area contributed by atoms with E-state index in [1.165, 1.54) is 5.56 Å². The van der Waals surface area contributed by atoms with E-state index >= 15 is 0 Å². The highest BCUT2D eigenvalue weighted by Gasteiger charge is 2.13. The number of benzene rings is 1. The maximum Gasteiger partial charge on any atom is 0.181 e. The summed E-state index contributed by atoms with van der Waals surface area (Å²) in [5, 5.41) is 1.16. The van der Waals surface area contributed by atoms with E-state index in [0.29, 0.717) is 5.65 Å². The molecule has 0 saturated heterocycles. The summed E-state index contributed by atoms with van der Waals surface area (Å²) in [7, 11) is 1.68. The van der Waals surface area contributed by atoms with Crippen molar-refractivity contribution in [3.63, 3.8) is 0 Å². The summed E-state index contributed by atoms with van der Waals surface area (Å²) in [4.78, 5) is 15.7. The fourth-order valence-electron chi connectivity index (χ4n) is 1.96. The summed E-state index contributed by atoms with van der Waals surface area (Å²) >= 11 is 1.67. The van der Waals surface area contributed by atoms with Crippen LogP contribution >= 0.6 is 11.8 Å². The smallest absolute Gasteiger partial charge is 0.181 e. The van der Waals surface area contributed by atoms with Crippen LogP contribution in [0.2, 0.25) is 0 Å². The second-order valence-electron chi connectivity index (χ2n) is 4.32. The zero-order chi connectivity index (χ0) is 13.9. The van der Waals surface area contributed by atoms with Crippen molar-refractivity contribution in [2.75, 3.05) is 7.11 Å². The maximum absolute atomic E-state index is 5.26. The third-order valence-electron chi connectivity index (χ3n) is 3.04. The Hall–Kier alpha value is -2.08. The molecule has 102 valence electrons. The molecule has 0 radical (unpaired) electrons. The third kappa shape index (κ3) is 2.46. The summed E-state index contributed by atoms with van der Waals surface area (Å²) in [6, 6.07) is 8.07.